The quantitative estimate of drug-likeness (QED) is 0.310. The standard InChI is InChI=1S/C26H31NO6/c1-4-14-32-20-11-9-18(10-12-20)24(28)22-23(27(13-16-31-3)26(30)25(22)29)19-7-6-8-21(17-19)33-15-5-2/h6-12,17,23,28H,4-5,13-16H2,1-3H3. The number of aliphatic hydroxyl groups is 1. The molecule has 0 aliphatic carbocycles. The second kappa shape index (κ2) is 11.5. The van der Waals surface area contributed by atoms with Gasteiger partial charge in [0, 0.05) is 19.2 Å². The number of likely N-dealkylation sites (tertiary alicyclic amines) is 1. The van der Waals surface area contributed by atoms with Crippen LogP contribution in [0, 0.1) is 0 Å². The van der Waals surface area contributed by atoms with Crippen LogP contribution in [0.2, 0.25) is 0 Å². The molecular formula is C26H31NO6. The van der Waals surface area contributed by atoms with Gasteiger partial charge in [-0.05, 0) is 54.8 Å². The number of rotatable bonds is 11. The summed E-state index contributed by atoms with van der Waals surface area (Å²) >= 11 is 0. The van der Waals surface area contributed by atoms with Crippen molar-refractivity contribution >= 4 is 17.4 Å². The third kappa shape index (κ3) is 5.54. The molecular weight excluding hydrogens is 422 g/mol. The van der Waals surface area contributed by atoms with Crippen LogP contribution in [-0.4, -0.2) is 55.2 Å². The second-order valence-corrected chi connectivity index (χ2v) is 7.78. The van der Waals surface area contributed by atoms with E-state index in [-0.39, 0.29) is 24.5 Å². The number of benzene rings is 2. The van der Waals surface area contributed by atoms with Crippen molar-refractivity contribution in [2.75, 3.05) is 33.5 Å². The molecule has 1 aliphatic heterocycles. The summed E-state index contributed by atoms with van der Waals surface area (Å²) in [4.78, 5) is 27.4. The fourth-order valence-electron chi connectivity index (χ4n) is 3.73. The molecule has 1 saturated heterocycles. The van der Waals surface area contributed by atoms with Crippen LogP contribution in [0.1, 0.15) is 43.9 Å². The van der Waals surface area contributed by atoms with Crippen molar-refractivity contribution in [3.8, 4) is 11.5 Å². The summed E-state index contributed by atoms with van der Waals surface area (Å²) in [7, 11) is 1.53. The normalized spacial score (nSPS) is 17.4. The van der Waals surface area contributed by atoms with Crippen molar-refractivity contribution in [3.63, 3.8) is 0 Å². The van der Waals surface area contributed by atoms with Gasteiger partial charge in [0.1, 0.15) is 17.3 Å². The van der Waals surface area contributed by atoms with Crippen LogP contribution < -0.4 is 9.47 Å². The maximum absolute atomic E-state index is 13.0. The Labute approximate surface area is 194 Å². The van der Waals surface area contributed by atoms with Crippen molar-refractivity contribution in [2.45, 2.75) is 32.7 Å². The molecule has 7 nitrogen and oxygen atoms in total. The summed E-state index contributed by atoms with van der Waals surface area (Å²) in [5.74, 6) is -0.295. The molecule has 1 aliphatic rings. The number of carbonyl (C=O) groups is 2. The lowest BCUT2D eigenvalue weighted by atomic mass is 9.95. The van der Waals surface area contributed by atoms with Crippen LogP contribution in [0.25, 0.3) is 5.76 Å². The molecule has 33 heavy (non-hydrogen) atoms. The predicted octanol–water partition coefficient (Wildman–Crippen LogP) is 4.33. The average Bonchev–Trinajstić information content (AvgIpc) is 3.09. The zero-order valence-electron chi connectivity index (χ0n) is 19.4. The molecule has 7 heteroatoms. The first-order chi connectivity index (χ1) is 16.0. The molecule has 0 aromatic heterocycles. The molecule has 1 amide bonds. The van der Waals surface area contributed by atoms with E-state index in [2.05, 4.69) is 0 Å². The van der Waals surface area contributed by atoms with Gasteiger partial charge in [0.15, 0.2) is 0 Å². The lowest BCUT2D eigenvalue weighted by Crippen LogP contribution is -2.32. The van der Waals surface area contributed by atoms with E-state index in [0.29, 0.717) is 35.8 Å². The Bertz CT molecular complexity index is 998. The van der Waals surface area contributed by atoms with Gasteiger partial charge < -0.3 is 24.2 Å². The van der Waals surface area contributed by atoms with E-state index < -0.39 is 17.7 Å². The number of hydrogen-bond acceptors (Lipinski definition) is 6. The van der Waals surface area contributed by atoms with Gasteiger partial charge in [-0.15, -0.1) is 0 Å². The molecule has 1 N–H and O–H groups in total. The minimum absolute atomic E-state index is 0.0472. The Morgan fingerprint density at radius 1 is 0.939 bits per heavy atom. The number of nitrogens with zero attached hydrogens (tertiary/aromatic N) is 1. The summed E-state index contributed by atoms with van der Waals surface area (Å²) in [6.07, 6.45) is 1.74. The summed E-state index contributed by atoms with van der Waals surface area (Å²) in [6.45, 7) is 5.66. The van der Waals surface area contributed by atoms with Gasteiger partial charge in [-0.1, -0.05) is 26.0 Å². The molecule has 2 aromatic rings. The molecule has 1 fully saturated rings. The third-order valence-corrected chi connectivity index (χ3v) is 5.32. The maximum atomic E-state index is 13.0. The van der Waals surface area contributed by atoms with Crippen LogP contribution in [0.5, 0.6) is 11.5 Å². The summed E-state index contributed by atoms with van der Waals surface area (Å²) < 4.78 is 16.5. The fraction of sp³-hybridized carbons (Fsp3) is 0.385. The SMILES string of the molecule is CCCOc1ccc(C(O)=C2C(=O)C(=O)N(CCOC)C2c2cccc(OCCC)c2)cc1. The number of ether oxygens (including phenoxy) is 3. The van der Waals surface area contributed by atoms with Crippen molar-refractivity contribution in [2.24, 2.45) is 0 Å². The molecule has 0 saturated carbocycles. The zero-order valence-corrected chi connectivity index (χ0v) is 19.4. The molecule has 2 aromatic carbocycles. The summed E-state index contributed by atoms with van der Waals surface area (Å²) in [6, 6.07) is 13.4. The molecule has 0 spiro atoms. The number of Topliss-reactive ketones (excluding diaryl/α,β-unsaturated/α-hetero) is 1. The first-order valence-corrected chi connectivity index (χ1v) is 11.2. The smallest absolute Gasteiger partial charge is 0.295 e. The number of methoxy groups -OCH3 is 1. The van der Waals surface area contributed by atoms with Crippen LogP contribution in [0.15, 0.2) is 54.1 Å². The van der Waals surface area contributed by atoms with Crippen molar-refractivity contribution in [1.29, 1.82) is 0 Å². The van der Waals surface area contributed by atoms with E-state index in [1.54, 1.807) is 30.3 Å². The predicted molar refractivity (Wildman–Crippen MR) is 125 cm³/mol. The van der Waals surface area contributed by atoms with Gasteiger partial charge in [-0.3, -0.25) is 9.59 Å². The molecule has 1 heterocycles. The van der Waals surface area contributed by atoms with Crippen molar-refractivity contribution in [3.05, 3.63) is 65.2 Å². The molecule has 1 atom stereocenters. The minimum Gasteiger partial charge on any atom is -0.507 e. The van der Waals surface area contributed by atoms with E-state index in [0.717, 1.165) is 12.8 Å². The van der Waals surface area contributed by atoms with Gasteiger partial charge in [-0.25, -0.2) is 0 Å². The molecule has 0 radical (unpaired) electrons. The second-order valence-electron chi connectivity index (χ2n) is 7.78. The van der Waals surface area contributed by atoms with Gasteiger partial charge in [0.05, 0.1) is 31.4 Å². The largest absolute Gasteiger partial charge is 0.507 e. The van der Waals surface area contributed by atoms with E-state index in [1.165, 1.54) is 12.0 Å². The van der Waals surface area contributed by atoms with Gasteiger partial charge >= 0.3 is 0 Å². The Kier molecular flexibility index (Phi) is 8.49. The van der Waals surface area contributed by atoms with E-state index >= 15 is 0 Å². The van der Waals surface area contributed by atoms with Crippen LogP contribution >= 0.6 is 0 Å². The lowest BCUT2D eigenvalue weighted by molar-refractivity contribution is -0.140. The fourth-order valence-corrected chi connectivity index (χ4v) is 3.73. The molecule has 1 unspecified atom stereocenters. The highest BCUT2D eigenvalue weighted by Gasteiger charge is 2.46. The highest BCUT2D eigenvalue weighted by atomic mass is 16.5. The Morgan fingerprint density at radius 2 is 1.61 bits per heavy atom. The minimum atomic E-state index is -0.749. The number of amides is 1. The van der Waals surface area contributed by atoms with Crippen LogP contribution in [0.4, 0.5) is 0 Å². The van der Waals surface area contributed by atoms with Crippen LogP contribution in [0.3, 0.4) is 0 Å². The summed E-state index contributed by atoms with van der Waals surface area (Å²) in [5, 5.41) is 11.1. The topological polar surface area (TPSA) is 85.3 Å². The van der Waals surface area contributed by atoms with Gasteiger partial charge in [0.2, 0.25) is 0 Å². The molecule has 176 valence electrons. The highest BCUT2D eigenvalue weighted by Crippen LogP contribution is 2.40. The lowest BCUT2D eigenvalue weighted by Gasteiger charge is -2.25. The van der Waals surface area contributed by atoms with E-state index in [1.807, 2.05) is 32.0 Å². The maximum Gasteiger partial charge on any atom is 0.295 e. The third-order valence-electron chi connectivity index (χ3n) is 5.32. The first kappa shape index (κ1) is 24.3. The number of aliphatic hydroxyl groups excluding tert-OH is 1. The van der Waals surface area contributed by atoms with E-state index in [9.17, 15) is 14.7 Å². The van der Waals surface area contributed by atoms with Gasteiger partial charge in [-0.2, -0.15) is 0 Å². The van der Waals surface area contributed by atoms with E-state index in [4.69, 9.17) is 14.2 Å². The molecule has 0 bridgehead atoms. The Balaban J connectivity index is 2.05. The Hall–Kier alpha value is -3.32. The average molecular weight is 454 g/mol. The molecule has 3 rings (SSSR count). The number of hydrogen-bond donors (Lipinski definition) is 1. The van der Waals surface area contributed by atoms with Gasteiger partial charge in [0.25, 0.3) is 11.7 Å². The number of ketones is 1. The number of carbonyl (C=O) groups excluding carboxylic acids is 2. The first-order valence-electron chi connectivity index (χ1n) is 11.2. The van der Waals surface area contributed by atoms with Crippen molar-refractivity contribution < 1.29 is 28.9 Å². The monoisotopic (exact) mass is 453 g/mol. The zero-order chi connectivity index (χ0) is 23.8. The van der Waals surface area contributed by atoms with Crippen LogP contribution in [-0.2, 0) is 14.3 Å². The van der Waals surface area contributed by atoms with Crippen molar-refractivity contribution in [1.82, 2.24) is 4.90 Å². The highest BCUT2D eigenvalue weighted by molar-refractivity contribution is 6.46. The Morgan fingerprint density at radius 3 is 2.24 bits per heavy atom. The summed E-state index contributed by atoms with van der Waals surface area (Å²) in [5.41, 5.74) is 1.17.